The molecule has 0 fully saturated rings. The van der Waals surface area contributed by atoms with E-state index < -0.39 is 0 Å². The van der Waals surface area contributed by atoms with Gasteiger partial charge in [0.25, 0.3) is 5.69 Å². The van der Waals surface area contributed by atoms with Crippen LogP contribution in [0.15, 0.2) is 18.2 Å². The molecule has 0 aromatic heterocycles. The van der Waals surface area contributed by atoms with Crippen molar-refractivity contribution in [3.8, 4) is 0 Å². The lowest BCUT2D eigenvalue weighted by Gasteiger charge is -2.15. The van der Waals surface area contributed by atoms with Crippen LogP contribution in [-0.2, 0) is 6.54 Å². The fraction of sp³-hybridized carbons (Fsp3) is 0.600. The Labute approximate surface area is 125 Å². The van der Waals surface area contributed by atoms with Crippen molar-refractivity contribution in [1.29, 1.82) is 0 Å². The number of halogens is 1. The van der Waals surface area contributed by atoms with Crippen LogP contribution in [0.3, 0.4) is 0 Å². The largest absolute Gasteiger partial charge is 0.312 e. The number of nitro benzene ring substituents is 1. The summed E-state index contributed by atoms with van der Waals surface area (Å²) in [6.45, 7) is 5.69. The Bertz CT molecular complexity index is 438. The molecule has 1 aromatic carbocycles. The van der Waals surface area contributed by atoms with Crippen LogP contribution >= 0.6 is 11.6 Å². The van der Waals surface area contributed by atoms with Gasteiger partial charge in [0.1, 0.15) is 0 Å². The third kappa shape index (κ3) is 5.10. The minimum atomic E-state index is -0.378. The molecule has 1 rings (SSSR count). The van der Waals surface area contributed by atoms with Crippen LogP contribution in [0.2, 0.25) is 5.02 Å². The molecule has 20 heavy (non-hydrogen) atoms. The first-order valence-electron chi connectivity index (χ1n) is 7.22. The van der Waals surface area contributed by atoms with Gasteiger partial charge in [-0.1, -0.05) is 50.8 Å². The summed E-state index contributed by atoms with van der Waals surface area (Å²) in [4.78, 5) is 10.6. The van der Waals surface area contributed by atoms with Crippen molar-refractivity contribution in [2.75, 3.05) is 6.54 Å². The lowest BCUT2D eigenvalue weighted by molar-refractivity contribution is -0.385. The van der Waals surface area contributed by atoms with Crippen molar-refractivity contribution >= 4 is 17.3 Å². The molecule has 1 atom stereocenters. The summed E-state index contributed by atoms with van der Waals surface area (Å²) in [5.74, 6) is 0.622. The van der Waals surface area contributed by atoms with Gasteiger partial charge in [-0.15, -0.1) is 0 Å². The molecule has 0 heterocycles. The first kappa shape index (κ1) is 16.9. The molecule has 0 aliphatic heterocycles. The summed E-state index contributed by atoms with van der Waals surface area (Å²) in [7, 11) is 0. The highest BCUT2D eigenvalue weighted by Gasteiger charge is 2.16. The third-order valence-electron chi connectivity index (χ3n) is 3.57. The molecule has 0 spiro atoms. The SMILES string of the molecule is CCCCC(CC)CNCc1c(Cl)cccc1[N+](=O)[O-]. The minimum absolute atomic E-state index is 0.0895. The molecule has 5 heteroatoms. The van der Waals surface area contributed by atoms with E-state index in [1.807, 2.05) is 0 Å². The minimum Gasteiger partial charge on any atom is -0.312 e. The lowest BCUT2D eigenvalue weighted by atomic mass is 9.99. The van der Waals surface area contributed by atoms with Crippen molar-refractivity contribution in [3.63, 3.8) is 0 Å². The summed E-state index contributed by atoms with van der Waals surface area (Å²) >= 11 is 6.06. The van der Waals surface area contributed by atoms with Crippen LogP contribution in [0.4, 0.5) is 5.69 Å². The highest BCUT2D eigenvalue weighted by atomic mass is 35.5. The van der Waals surface area contributed by atoms with Gasteiger partial charge in [0, 0.05) is 12.6 Å². The van der Waals surface area contributed by atoms with Crippen LogP contribution in [0.1, 0.15) is 45.1 Å². The Hall–Kier alpha value is -1.13. The summed E-state index contributed by atoms with van der Waals surface area (Å²) in [5.41, 5.74) is 0.663. The van der Waals surface area contributed by atoms with Crippen LogP contribution in [0.5, 0.6) is 0 Å². The Morgan fingerprint density at radius 2 is 2.15 bits per heavy atom. The van der Waals surface area contributed by atoms with Crippen LogP contribution < -0.4 is 5.32 Å². The second kappa shape index (κ2) is 8.93. The summed E-state index contributed by atoms with van der Waals surface area (Å²) in [5, 5.41) is 14.7. The number of hydrogen-bond donors (Lipinski definition) is 1. The molecule has 0 amide bonds. The van der Waals surface area contributed by atoms with Crippen molar-refractivity contribution in [3.05, 3.63) is 38.9 Å². The number of benzene rings is 1. The van der Waals surface area contributed by atoms with Gasteiger partial charge in [-0.3, -0.25) is 10.1 Å². The standard InChI is InChI=1S/C15H23ClN2O2/c1-3-5-7-12(4-2)10-17-11-13-14(16)8-6-9-15(13)18(19)20/h6,8-9,12,17H,3-5,7,10-11H2,1-2H3. The molecular weight excluding hydrogens is 276 g/mol. The highest BCUT2D eigenvalue weighted by Crippen LogP contribution is 2.26. The number of nitrogens with zero attached hydrogens (tertiary/aromatic N) is 1. The van der Waals surface area contributed by atoms with Crippen LogP contribution in [0.25, 0.3) is 0 Å². The molecule has 0 bridgehead atoms. The quantitative estimate of drug-likeness (QED) is 0.537. The van der Waals surface area contributed by atoms with E-state index in [0.717, 1.165) is 13.0 Å². The zero-order chi connectivity index (χ0) is 15.0. The molecule has 0 aliphatic rings. The average Bonchev–Trinajstić information content (AvgIpc) is 2.43. The van der Waals surface area contributed by atoms with Gasteiger partial charge in [0.05, 0.1) is 15.5 Å². The second-order valence-corrected chi connectivity index (χ2v) is 5.45. The fourth-order valence-electron chi connectivity index (χ4n) is 2.24. The Morgan fingerprint density at radius 1 is 1.40 bits per heavy atom. The van der Waals surface area contributed by atoms with E-state index in [9.17, 15) is 10.1 Å². The number of nitro groups is 1. The Kier molecular flexibility index (Phi) is 7.55. The first-order chi connectivity index (χ1) is 9.60. The van der Waals surface area contributed by atoms with Crippen LogP contribution in [0, 0.1) is 16.0 Å². The van der Waals surface area contributed by atoms with Gasteiger partial charge in [-0.2, -0.15) is 0 Å². The smallest absolute Gasteiger partial charge is 0.275 e. The maximum atomic E-state index is 11.0. The van der Waals surface area contributed by atoms with Gasteiger partial charge in [-0.25, -0.2) is 0 Å². The number of rotatable bonds is 9. The summed E-state index contributed by atoms with van der Waals surface area (Å²) in [6.07, 6.45) is 4.75. The molecule has 0 saturated heterocycles. The van der Waals surface area contributed by atoms with Crippen molar-refractivity contribution in [2.45, 2.75) is 46.1 Å². The lowest BCUT2D eigenvalue weighted by Crippen LogP contribution is -2.22. The molecule has 0 saturated carbocycles. The summed E-state index contributed by atoms with van der Waals surface area (Å²) in [6, 6.07) is 4.80. The molecule has 4 nitrogen and oxygen atoms in total. The monoisotopic (exact) mass is 298 g/mol. The molecule has 112 valence electrons. The first-order valence-corrected chi connectivity index (χ1v) is 7.60. The normalized spacial score (nSPS) is 12.3. The van der Waals surface area contributed by atoms with Gasteiger partial charge in [0.2, 0.25) is 0 Å². The van der Waals surface area contributed by atoms with Gasteiger partial charge in [0.15, 0.2) is 0 Å². The number of nitrogens with one attached hydrogen (secondary N) is 1. The van der Waals surface area contributed by atoms with Crippen molar-refractivity contribution in [2.24, 2.45) is 5.92 Å². The molecule has 1 unspecified atom stereocenters. The fourth-order valence-corrected chi connectivity index (χ4v) is 2.47. The van der Waals surface area contributed by atoms with E-state index in [2.05, 4.69) is 19.2 Å². The van der Waals surface area contributed by atoms with E-state index in [1.165, 1.54) is 25.3 Å². The van der Waals surface area contributed by atoms with E-state index in [-0.39, 0.29) is 10.6 Å². The molecular formula is C15H23ClN2O2. The number of hydrogen-bond acceptors (Lipinski definition) is 3. The van der Waals surface area contributed by atoms with Crippen LogP contribution in [-0.4, -0.2) is 11.5 Å². The zero-order valence-electron chi connectivity index (χ0n) is 12.2. The van der Waals surface area contributed by atoms with E-state index in [1.54, 1.807) is 12.1 Å². The van der Waals surface area contributed by atoms with Crippen molar-refractivity contribution < 1.29 is 4.92 Å². The second-order valence-electron chi connectivity index (χ2n) is 5.04. The molecule has 0 aliphatic carbocycles. The van der Waals surface area contributed by atoms with Gasteiger partial charge >= 0.3 is 0 Å². The highest BCUT2D eigenvalue weighted by molar-refractivity contribution is 6.31. The predicted molar refractivity (Wildman–Crippen MR) is 83.1 cm³/mol. The number of unbranched alkanes of at least 4 members (excludes halogenated alkanes) is 1. The average molecular weight is 299 g/mol. The van der Waals surface area contributed by atoms with Gasteiger partial charge in [-0.05, 0) is 24.9 Å². The molecule has 0 radical (unpaired) electrons. The van der Waals surface area contributed by atoms with Gasteiger partial charge < -0.3 is 5.32 Å². The third-order valence-corrected chi connectivity index (χ3v) is 3.92. The zero-order valence-corrected chi connectivity index (χ0v) is 12.9. The maximum Gasteiger partial charge on any atom is 0.275 e. The molecule has 1 aromatic rings. The van der Waals surface area contributed by atoms with E-state index in [4.69, 9.17) is 11.6 Å². The summed E-state index contributed by atoms with van der Waals surface area (Å²) < 4.78 is 0. The topological polar surface area (TPSA) is 55.2 Å². The predicted octanol–water partition coefficient (Wildman–Crippen LogP) is 4.55. The Balaban J connectivity index is 2.59. The van der Waals surface area contributed by atoms with Crippen molar-refractivity contribution in [1.82, 2.24) is 5.32 Å². The van der Waals surface area contributed by atoms with E-state index >= 15 is 0 Å². The maximum absolute atomic E-state index is 11.0. The Morgan fingerprint density at radius 3 is 2.75 bits per heavy atom. The molecule has 1 N–H and O–H groups in total. The van der Waals surface area contributed by atoms with E-state index in [0.29, 0.717) is 23.0 Å².